The van der Waals surface area contributed by atoms with E-state index in [9.17, 15) is 13.2 Å². The third-order valence-corrected chi connectivity index (χ3v) is 4.78. The Morgan fingerprint density at radius 1 is 1.23 bits per heavy atom. The van der Waals surface area contributed by atoms with Crippen LogP contribution in [0.25, 0.3) is 0 Å². The van der Waals surface area contributed by atoms with Crippen molar-refractivity contribution in [3.8, 4) is 0 Å². The van der Waals surface area contributed by atoms with E-state index in [4.69, 9.17) is 9.56 Å². The first-order chi connectivity index (χ1) is 12.0. The number of hydrogen-bond acceptors (Lipinski definition) is 5. The van der Waals surface area contributed by atoms with Crippen LogP contribution in [0.1, 0.15) is 50.1 Å². The third kappa shape index (κ3) is 5.40. The summed E-state index contributed by atoms with van der Waals surface area (Å²) in [5, 5.41) is 7.86. The summed E-state index contributed by atoms with van der Waals surface area (Å²) >= 11 is 0. The average molecular weight is 379 g/mol. The molecule has 0 atom stereocenters. The van der Waals surface area contributed by atoms with Gasteiger partial charge in [0.25, 0.3) is 0 Å². The van der Waals surface area contributed by atoms with E-state index in [2.05, 4.69) is 10.3 Å². The number of nitrogens with one attached hydrogen (secondary N) is 1. The first-order valence-corrected chi connectivity index (χ1v) is 9.86. The van der Waals surface area contributed by atoms with Crippen molar-refractivity contribution in [3.05, 3.63) is 47.2 Å². The number of sulfonamides is 1. The van der Waals surface area contributed by atoms with Crippen LogP contribution >= 0.6 is 0 Å². The molecule has 8 heteroatoms. The van der Waals surface area contributed by atoms with Crippen molar-refractivity contribution >= 4 is 15.9 Å². The standard InChI is InChI=1S/C18H25N3O4S/c1-12-15(25-17(21-12)18(2,3)4)9-10-16(22)20-11-13-5-7-14(8-6-13)26(19,23)24/h5-8H,9-11H2,1-4H3,(H,20,22)(H2,19,23,24). The lowest BCUT2D eigenvalue weighted by Crippen LogP contribution is -2.23. The van der Waals surface area contributed by atoms with Crippen molar-refractivity contribution in [2.24, 2.45) is 5.14 Å². The largest absolute Gasteiger partial charge is 0.445 e. The quantitative estimate of drug-likeness (QED) is 0.798. The molecule has 26 heavy (non-hydrogen) atoms. The minimum Gasteiger partial charge on any atom is -0.445 e. The summed E-state index contributed by atoms with van der Waals surface area (Å²) in [6.07, 6.45) is 0.764. The highest BCUT2D eigenvalue weighted by Gasteiger charge is 2.22. The molecule has 1 aromatic heterocycles. The van der Waals surface area contributed by atoms with Gasteiger partial charge in [0.1, 0.15) is 5.76 Å². The summed E-state index contributed by atoms with van der Waals surface area (Å²) in [6, 6.07) is 6.08. The molecule has 0 unspecified atom stereocenters. The summed E-state index contributed by atoms with van der Waals surface area (Å²) < 4.78 is 28.2. The van der Waals surface area contributed by atoms with E-state index < -0.39 is 10.0 Å². The second-order valence-corrected chi connectivity index (χ2v) is 8.80. The van der Waals surface area contributed by atoms with Gasteiger partial charge in [-0.1, -0.05) is 32.9 Å². The van der Waals surface area contributed by atoms with Crippen molar-refractivity contribution < 1.29 is 17.6 Å². The molecule has 0 aliphatic heterocycles. The van der Waals surface area contributed by atoms with Crippen molar-refractivity contribution in [2.45, 2.75) is 57.4 Å². The number of hydrogen-bond donors (Lipinski definition) is 2. The topological polar surface area (TPSA) is 115 Å². The predicted octanol–water partition coefficient (Wildman–Crippen LogP) is 2.18. The van der Waals surface area contributed by atoms with E-state index in [1.165, 1.54) is 12.1 Å². The fourth-order valence-electron chi connectivity index (χ4n) is 2.29. The number of oxazole rings is 1. The van der Waals surface area contributed by atoms with Gasteiger partial charge in [-0.25, -0.2) is 18.5 Å². The van der Waals surface area contributed by atoms with Crippen molar-refractivity contribution in [3.63, 3.8) is 0 Å². The molecule has 1 aromatic carbocycles. The number of nitrogens with zero attached hydrogens (tertiary/aromatic N) is 1. The van der Waals surface area contributed by atoms with Crippen molar-refractivity contribution in [1.29, 1.82) is 0 Å². The number of carbonyl (C=O) groups excluding carboxylic acids is 1. The van der Waals surface area contributed by atoms with Gasteiger partial charge in [-0.2, -0.15) is 0 Å². The molecule has 0 aliphatic rings. The minimum atomic E-state index is -3.71. The van der Waals surface area contributed by atoms with Crippen molar-refractivity contribution in [1.82, 2.24) is 10.3 Å². The molecule has 0 saturated carbocycles. The minimum absolute atomic E-state index is 0.0445. The molecule has 0 bridgehead atoms. The molecule has 2 rings (SSSR count). The molecular formula is C18H25N3O4S. The number of benzene rings is 1. The first-order valence-electron chi connectivity index (χ1n) is 8.32. The van der Waals surface area contributed by atoms with Crippen LogP contribution in [0, 0.1) is 6.92 Å². The summed E-state index contributed by atoms with van der Waals surface area (Å²) in [5.41, 5.74) is 1.42. The number of primary sulfonamides is 1. The van der Waals surface area contributed by atoms with Crippen LogP contribution in [-0.2, 0) is 33.2 Å². The van der Waals surface area contributed by atoms with E-state index in [0.717, 1.165) is 17.0 Å². The maximum Gasteiger partial charge on any atom is 0.238 e. The zero-order valence-electron chi connectivity index (χ0n) is 15.5. The number of rotatable bonds is 6. The maximum absolute atomic E-state index is 12.0. The third-order valence-electron chi connectivity index (χ3n) is 3.85. The predicted molar refractivity (Wildman–Crippen MR) is 97.9 cm³/mol. The van der Waals surface area contributed by atoms with E-state index in [1.54, 1.807) is 12.1 Å². The Labute approximate surface area is 154 Å². The number of nitrogens with two attached hydrogens (primary N) is 1. The van der Waals surface area contributed by atoms with Gasteiger partial charge in [0.05, 0.1) is 10.6 Å². The van der Waals surface area contributed by atoms with Gasteiger partial charge in [-0.05, 0) is 24.6 Å². The Morgan fingerprint density at radius 3 is 2.35 bits per heavy atom. The van der Waals surface area contributed by atoms with E-state index >= 15 is 0 Å². The van der Waals surface area contributed by atoms with Crippen LogP contribution < -0.4 is 10.5 Å². The molecule has 2 aromatic rings. The number of aromatic nitrogens is 1. The van der Waals surface area contributed by atoms with Gasteiger partial charge in [0, 0.05) is 24.8 Å². The molecule has 1 heterocycles. The van der Waals surface area contributed by atoms with E-state index in [-0.39, 0.29) is 22.6 Å². The second-order valence-electron chi connectivity index (χ2n) is 7.24. The Morgan fingerprint density at radius 2 is 1.85 bits per heavy atom. The SMILES string of the molecule is Cc1nc(C(C)(C)C)oc1CCC(=O)NCc1ccc(S(N)(=O)=O)cc1. The Kier molecular flexibility index (Phi) is 5.87. The van der Waals surface area contributed by atoms with Crippen LogP contribution in [0.15, 0.2) is 33.6 Å². The highest BCUT2D eigenvalue weighted by atomic mass is 32.2. The zero-order valence-corrected chi connectivity index (χ0v) is 16.3. The summed E-state index contributed by atoms with van der Waals surface area (Å²) in [4.78, 5) is 16.5. The molecule has 7 nitrogen and oxygen atoms in total. The monoisotopic (exact) mass is 379 g/mol. The fourth-order valence-corrected chi connectivity index (χ4v) is 2.81. The average Bonchev–Trinajstić information content (AvgIpc) is 2.92. The summed E-state index contributed by atoms with van der Waals surface area (Å²) in [6.45, 7) is 8.26. The Hall–Kier alpha value is -2.19. The lowest BCUT2D eigenvalue weighted by atomic mass is 9.97. The van der Waals surface area contributed by atoms with Crippen molar-refractivity contribution in [2.75, 3.05) is 0 Å². The number of aryl methyl sites for hydroxylation is 2. The first kappa shape index (κ1) is 20.1. The van der Waals surface area contributed by atoms with E-state index in [1.807, 2.05) is 27.7 Å². The van der Waals surface area contributed by atoms with Gasteiger partial charge in [-0.15, -0.1) is 0 Å². The van der Waals surface area contributed by atoms with Crippen LogP contribution in [0.4, 0.5) is 0 Å². The van der Waals surface area contributed by atoms with E-state index in [0.29, 0.717) is 18.9 Å². The fraction of sp³-hybridized carbons (Fsp3) is 0.444. The maximum atomic E-state index is 12.0. The van der Waals surface area contributed by atoms with Crippen LogP contribution in [0.2, 0.25) is 0 Å². The summed E-state index contributed by atoms with van der Waals surface area (Å²) in [5.74, 6) is 1.27. The normalized spacial score (nSPS) is 12.2. The van der Waals surface area contributed by atoms with Crippen LogP contribution in [0.5, 0.6) is 0 Å². The highest BCUT2D eigenvalue weighted by Crippen LogP contribution is 2.24. The highest BCUT2D eigenvalue weighted by molar-refractivity contribution is 7.89. The molecule has 0 saturated heterocycles. The molecule has 0 aliphatic carbocycles. The molecule has 0 radical (unpaired) electrons. The number of carbonyl (C=O) groups is 1. The molecular weight excluding hydrogens is 354 g/mol. The summed E-state index contributed by atoms with van der Waals surface area (Å²) in [7, 11) is -3.71. The molecule has 0 spiro atoms. The molecule has 3 N–H and O–H groups in total. The molecule has 0 fully saturated rings. The van der Waals surface area contributed by atoms with Gasteiger partial charge in [-0.3, -0.25) is 4.79 Å². The van der Waals surface area contributed by atoms with Gasteiger partial charge in [0.2, 0.25) is 15.9 Å². The second kappa shape index (κ2) is 7.59. The Bertz CT molecular complexity index is 878. The van der Waals surface area contributed by atoms with Crippen LogP contribution in [0.3, 0.4) is 0 Å². The number of amides is 1. The lowest BCUT2D eigenvalue weighted by molar-refractivity contribution is -0.121. The van der Waals surface area contributed by atoms with Gasteiger partial charge >= 0.3 is 0 Å². The smallest absolute Gasteiger partial charge is 0.238 e. The van der Waals surface area contributed by atoms with Gasteiger partial charge < -0.3 is 9.73 Å². The van der Waals surface area contributed by atoms with Crippen LogP contribution in [-0.4, -0.2) is 19.3 Å². The Balaban J connectivity index is 1.87. The molecule has 142 valence electrons. The lowest BCUT2D eigenvalue weighted by Gasteiger charge is -2.12. The molecule has 1 amide bonds. The zero-order chi connectivity index (χ0) is 19.5. The van der Waals surface area contributed by atoms with Gasteiger partial charge in [0.15, 0.2) is 5.89 Å².